The summed E-state index contributed by atoms with van der Waals surface area (Å²) in [5, 5.41) is 18.6. The second-order valence-corrected chi connectivity index (χ2v) is 4.57. The van der Waals surface area contributed by atoms with Gasteiger partial charge >= 0.3 is 0 Å². The van der Waals surface area contributed by atoms with Crippen LogP contribution in [0.2, 0.25) is 0 Å². The number of hydrogen-bond donors (Lipinski definition) is 2. The minimum atomic E-state index is -0.643. The van der Waals surface area contributed by atoms with Gasteiger partial charge in [0.15, 0.2) is 0 Å². The van der Waals surface area contributed by atoms with Gasteiger partial charge in [-0.05, 0) is 43.7 Å². The van der Waals surface area contributed by atoms with Crippen LogP contribution in [0.4, 0.5) is 0 Å². The van der Waals surface area contributed by atoms with Crippen LogP contribution in [0.25, 0.3) is 0 Å². The van der Waals surface area contributed by atoms with Gasteiger partial charge in [-0.1, -0.05) is 12.1 Å². The summed E-state index contributed by atoms with van der Waals surface area (Å²) in [7, 11) is 0. The van der Waals surface area contributed by atoms with Gasteiger partial charge in [0.25, 0.3) is 0 Å². The molecule has 2 atom stereocenters. The van der Waals surface area contributed by atoms with Gasteiger partial charge in [0.2, 0.25) is 0 Å². The predicted octanol–water partition coefficient (Wildman–Crippen LogP) is 2.08. The molecule has 0 aliphatic heterocycles. The van der Waals surface area contributed by atoms with E-state index in [1.807, 2.05) is 6.26 Å². The van der Waals surface area contributed by atoms with Crippen molar-refractivity contribution in [1.29, 1.82) is 0 Å². The summed E-state index contributed by atoms with van der Waals surface area (Å²) in [5.74, 6) is 0. The molecule has 2 unspecified atom stereocenters. The molecule has 15 heavy (non-hydrogen) atoms. The summed E-state index contributed by atoms with van der Waals surface area (Å²) in [6.45, 7) is 1.61. The van der Waals surface area contributed by atoms with E-state index in [2.05, 4.69) is 24.3 Å². The Hall–Kier alpha value is -0.510. The van der Waals surface area contributed by atoms with E-state index < -0.39 is 12.2 Å². The minimum absolute atomic E-state index is 0.607. The molecule has 0 bridgehead atoms. The minimum Gasteiger partial charge on any atom is -0.391 e. The average molecular weight is 226 g/mol. The molecular weight excluding hydrogens is 208 g/mol. The molecule has 2 nitrogen and oxygen atoms in total. The molecule has 0 saturated carbocycles. The number of aliphatic hydroxyl groups is 2. The third-order valence-corrected chi connectivity index (χ3v) is 3.19. The molecule has 0 spiro atoms. The molecule has 0 amide bonds. The monoisotopic (exact) mass is 226 g/mol. The Labute approximate surface area is 95.3 Å². The van der Waals surface area contributed by atoms with E-state index in [-0.39, 0.29) is 0 Å². The number of aliphatic hydroxyl groups excluding tert-OH is 2. The fraction of sp³-hybridized carbons (Fsp3) is 0.500. The van der Waals surface area contributed by atoms with Crippen molar-refractivity contribution >= 4 is 11.8 Å². The van der Waals surface area contributed by atoms with Crippen LogP contribution in [0.1, 0.15) is 18.9 Å². The Bertz CT molecular complexity index is 282. The number of thioether (sulfide) groups is 1. The van der Waals surface area contributed by atoms with E-state index in [1.165, 1.54) is 10.5 Å². The molecule has 1 aromatic rings. The van der Waals surface area contributed by atoms with Crippen LogP contribution in [-0.2, 0) is 6.42 Å². The van der Waals surface area contributed by atoms with Crippen molar-refractivity contribution in [2.24, 2.45) is 0 Å². The van der Waals surface area contributed by atoms with Crippen LogP contribution < -0.4 is 0 Å². The van der Waals surface area contributed by atoms with Crippen LogP contribution in [0.15, 0.2) is 29.2 Å². The molecule has 84 valence electrons. The predicted molar refractivity (Wildman–Crippen MR) is 64.2 cm³/mol. The third kappa shape index (κ3) is 4.24. The summed E-state index contributed by atoms with van der Waals surface area (Å²) in [5.41, 5.74) is 1.20. The van der Waals surface area contributed by atoms with Crippen molar-refractivity contribution in [2.75, 3.05) is 6.26 Å². The average Bonchev–Trinajstić information content (AvgIpc) is 2.26. The maximum atomic E-state index is 9.43. The van der Waals surface area contributed by atoms with E-state index in [9.17, 15) is 5.11 Å². The zero-order valence-corrected chi connectivity index (χ0v) is 10.00. The first kappa shape index (κ1) is 12.6. The maximum Gasteiger partial charge on any atom is 0.0799 e. The molecule has 0 fully saturated rings. The molecule has 2 N–H and O–H groups in total. The van der Waals surface area contributed by atoms with Gasteiger partial charge in [-0.3, -0.25) is 0 Å². The van der Waals surface area contributed by atoms with E-state index in [4.69, 9.17) is 5.11 Å². The number of benzene rings is 1. The first-order valence-corrected chi connectivity index (χ1v) is 6.35. The molecular formula is C12H18O2S. The zero-order chi connectivity index (χ0) is 11.3. The van der Waals surface area contributed by atoms with Gasteiger partial charge in [-0.2, -0.15) is 0 Å². The van der Waals surface area contributed by atoms with Gasteiger partial charge < -0.3 is 10.2 Å². The first-order valence-electron chi connectivity index (χ1n) is 5.12. The van der Waals surface area contributed by atoms with Crippen LogP contribution in [-0.4, -0.2) is 28.7 Å². The number of rotatable bonds is 5. The molecule has 0 aromatic heterocycles. The van der Waals surface area contributed by atoms with Crippen LogP contribution in [0.5, 0.6) is 0 Å². The number of aryl methyl sites for hydroxylation is 1. The highest BCUT2D eigenvalue weighted by Gasteiger charge is 2.10. The lowest BCUT2D eigenvalue weighted by Gasteiger charge is -2.13. The molecule has 1 aromatic carbocycles. The quantitative estimate of drug-likeness (QED) is 0.755. The van der Waals surface area contributed by atoms with Gasteiger partial charge in [0.1, 0.15) is 0 Å². The van der Waals surface area contributed by atoms with Gasteiger partial charge in [-0.15, -0.1) is 11.8 Å². The molecule has 0 radical (unpaired) electrons. The molecule has 1 rings (SSSR count). The van der Waals surface area contributed by atoms with Crippen LogP contribution in [0, 0.1) is 0 Å². The first-order chi connectivity index (χ1) is 7.13. The molecule has 0 heterocycles. The summed E-state index contributed by atoms with van der Waals surface area (Å²) < 4.78 is 0. The Kier molecular flexibility index (Phi) is 5.15. The Morgan fingerprint density at radius 3 is 2.27 bits per heavy atom. The van der Waals surface area contributed by atoms with Crippen molar-refractivity contribution in [1.82, 2.24) is 0 Å². The van der Waals surface area contributed by atoms with E-state index >= 15 is 0 Å². The number of hydrogen-bond acceptors (Lipinski definition) is 3. The van der Waals surface area contributed by atoms with Gasteiger partial charge in [-0.25, -0.2) is 0 Å². The lowest BCUT2D eigenvalue weighted by Crippen LogP contribution is -2.22. The van der Waals surface area contributed by atoms with E-state index in [0.29, 0.717) is 6.42 Å². The lowest BCUT2D eigenvalue weighted by molar-refractivity contribution is 0.0265. The fourth-order valence-electron chi connectivity index (χ4n) is 1.35. The largest absolute Gasteiger partial charge is 0.391 e. The van der Waals surface area contributed by atoms with Crippen molar-refractivity contribution in [3.05, 3.63) is 29.8 Å². The Morgan fingerprint density at radius 2 is 1.80 bits per heavy atom. The smallest absolute Gasteiger partial charge is 0.0799 e. The third-order valence-electron chi connectivity index (χ3n) is 2.44. The highest BCUT2D eigenvalue weighted by atomic mass is 32.2. The normalized spacial score (nSPS) is 14.9. The summed E-state index contributed by atoms with van der Waals surface area (Å²) in [4.78, 5) is 1.25. The Balaban J connectivity index is 2.44. The summed E-state index contributed by atoms with van der Waals surface area (Å²) >= 11 is 1.72. The zero-order valence-electron chi connectivity index (χ0n) is 9.18. The van der Waals surface area contributed by atoms with Crippen molar-refractivity contribution < 1.29 is 10.2 Å². The topological polar surface area (TPSA) is 40.5 Å². The van der Waals surface area contributed by atoms with Crippen LogP contribution in [0.3, 0.4) is 0 Å². The van der Waals surface area contributed by atoms with Crippen LogP contribution >= 0.6 is 11.8 Å². The highest BCUT2D eigenvalue weighted by molar-refractivity contribution is 7.98. The second kappa shape index (κ2) is 6.16. The SMILES string of the molecule is CSc1ccc(CCC(O)C(C)O)cc1. The summed E-state index contributed by atoms with van der Waals surface area (Å²) in [6, 6.07) is 8.30. The standard InChI is InChI=1S/C12H18O2S/c1-9(13)12(14)8-5-10-3-6-11(15-2)7-4-10/h3-4,6-7,9,12-14H,5,8H2,1-2H3. The lowest BCUT2D eigenvalue weighted by atomic mass is 10.0. The molecule has 0 aliphatic carbocycles. The molecule has 0 aliphatic rings. The molecule has 0 saturated heterocycles. The van der Waals surface area contributed by atoms with Crippen molar-refractivity contribution in [2.45, 2.75) is 36.9 Å². The maximum absolute atomic E-state index is 9.43. The summed E-state index contributed by atoms with van der Waals surface area (Å²) in [6.07, 6.45) is 2.20. The van der Waals surface area contributed by atoms with E-state index in [1.54, 1.807) is 18.7 Å². The van der Waals surface area contributed by atoms with E-state index in [0.717, 1.165) is 6.42 Å². The highest BCUT2D eigenvalue weighted by Crippen LogP contribution is 2.16. The second-order valence-electron chi connectivity index (χ2n) is 3.69. The Morgan fingerprint density at radius 1 is 1.20 bits per heavy atom. The fourth-order valence-corrected chi connectivity index (χ4v) is 1.76. The van der Waals surface area contributed by atoms with Gasteiger partial charge in [0.05, 0.1) is 12.2 Å². The van der Waals surface area contributed by atoms with Crippen molar-refractivity contribution in [3.8, 4) is 0 Å². The van der Waals surface area contributed by atoms with Crippen molar-refractivity contribution in [3.63, 3.8) is 0 Å². The molecule has 3 heteroatoms. The van der Waals surface area contributed by atoms with Gasteiger partial charge in [0, 0.05) is 4.90 Å².